The number of morpholine rings is 1. The second-order valence-corrected chi connectivity index (χ2v) is 10.5. The van der Waals surface area contributed by atoms with Gasteiger partial charge in [-0.05, 0) is 49.6 Å². The van der Waals surface area contributed by atoms with Crippen LogP contribution in [0.5, 0.6) is 0 Å². The minimum absolute atomic E-state index is 0.0829. The van der Waals surface area contributed by atoms with E-state index in [9.17, 15) is 8.78 Å². The Kier molecular flexibility index (Phi) is 7.27. The van der Waals surface area contributed by atoms with Crippen molar-refractivity contribution in [3.05, 3.63) is 84.4 Å². The minimum atomic E-state index is -2.82. The van der Waals surface area contributed by atoms with Gasteiger partial charge in [0, 0.05) is 36.6 Å². The molecule has 1 fully saturated rings. The molecular formula is C30H30F2N8O. The van der Waals surface area contributed by atoms with Crippen molar-refractivity contribution >= 4 is 22.9 Å². The lowest BCUT2D eigenvalue weighted by Gasteiger charge is -2.30. The van der Waals surface area contributed by atoms with E-state index in [-0.39, 0.29) is 5.95 Å². The van der Waals surface area contributed by atoms with Gasteiger partial charge in [0.15, 0.2) is 5.82 Å². The van der Waals surface area contributed by atoms with Gasteiger partial charge in [0.05, 0.1) is 24.2 Å². The lowest BCUT2D eigenvalue weighted by Crippen LogP contribution is -2.39. The van der Waals surface area contributed by atoms with E-state index in [1.165, 1.54) is 4.57 Å². The third-order valence-corrected chi connectivity index (χ3v) is 6.96. The molecule has 1 saturated heterocycles. The Morgan fingerprint density at radius 1 is 0.902 bits per heavy atom. The summed E-state index contributed by atoms with van der Waals surface area (Å²) in [6.07, 6.45) is 1.43. The third kappa shape index (κ3) is 5.71. The second kappa shape index (κ2) is 11.2. The van der Waals surface area contributed by atoms with E-state index in [0.29, 0.717) is 55.7 Å². The first-order valence-electron chi connectivity index (χ1n) is 13.5. The van der Waals surface area contributed by atoms with Crippen LogP contribution in [0.4, 0.5) is 20.7 Å². The highest BCUT2D eigenvalue weighted by Crippen LogP contribution is 2.30. The van der Waals surface area contributed by atoms with E-state index in [0.717, 1.165) is 16.7 Å². The number of nitrogens with one attached hydrogen (secondary N) is 1. The Morgan fingerprint density at radius 3 is 2.44 bits per heavy atom. The van der Waals surface area contributed by atoms with Crippen LogP contribution in [0.3, 0.4) is 0 Å². The number of aromatic nitrogens is 6. The summed E-state index contributed by atoms with van der Waals surface area (Å²) in [7, 11) is 0. The molecule has 0 saturated carbocycles. The molecule has 0 radical (unpaired) electrons. The van der Waals surface area contributed by atoms with Crippen LogP contribution in [-0.4, -0.2) is 61.3 Å². The minimum Gasteiger partial charge on any atom is -0.378 e. The van der Waals surface area contributed by atoms with E-state index in [1.54, 1.807) is 30.5 Å². The number of anilines is 2. The Labute approximate surface area is 236 Å². The topological polar surface area (TPSA) is 93.9 Å². The van der Waals surface area contributed by atoms with Gasteiger partial charge in [-0.15, -0.1) is 0 Å². The predicted octanol–water partition coefficient (Wildman–Crippen LogP) is 5.48. The number of imidazole rings is 1. The highest BCUT2D eigenvalue weighted by Gasteiger charge is 2.27. The first-order chi connectivity index (χ1) is 19.9. The highest BCUT2D eigenvalue weighted by atomic mass is 19.3. The van der Waals surface area contributed by atoms with Crippen LogP contribution in [0.1, 0.15) is 31.7 Å². The summed E-state index contributed by atoms with van der Waals surface area (Å²) >= 11 is 0. The standard InChI is InChI=1S/C30H30F2N8O/c1-30(2,18-20-8-3-4-10-22(20)21-9-7-13-33-19-21)38-27-35-28(39-14-16-41-17-15-39)37-29(36-27)40-24-12-6-5-11-23(24)34-26(40)25(31)32/h3-13,19,25H,14-18H2,1-2H3,(H,35,36,37,38). The van der Waals surface area contributed by atoms with Gasteiger partial charge in [-0.3, -0.25) is 9.55 Å². The van der Waals surface area contributed by atoms with Crippen LogP contribution >= 0.6 is 0 Å². The highest BCUT2D eigenvalue weighted by molar-refractivity contribution is 5.77. The van der Waals surface area contributed by atoms with Crippen LogP contribution in [0.15, 0.2) is 73.1 Å². The van der Waals surface area contributed by atoms with Gasteiger partial charge in [-0.25, -0.2) is 13.8 Å². The number of alkyl halides is 2. The molecule has 3 aromatic heterocycles. The SMILES string of the molecule is CC(C)(Cc1ccccc1-c1cccnc1)Nc1nc(N2CCOCC2)nc(-n2c(C(F)F)nc3ccccc32)n1. The zero-order valence-corrected chi connectivity index (χ0v) is 22.8. The molecule has 41 heavy (non-hydrogen) atoms. The molecule has 11 heteroatoms. The molecule has 9 nitrogen and oxygen atoms in total. The summed E-state index contributed by atoms with van der Waals surface area (Å²) in [5.74, 6) is 0.351. The number of hydrogen-bond donors (Lipinski definition) is 1. The first kappa shape index (κ1) is 26.7. The van der Waals surface area contributed by atoms with Gasteiger partial charge in [-0.2, -0.15) is 15.0 Å². The first-order valence-corrected chi connectivity index (χ1v) is 13.5. The summed E-state index contributed by atoms with van der Waals surface area (Å²) in [5.41, 5.74) is 3.67. The summed E-state index contributed by atoms with van der Waals surface area (Å²) in [5, 5.41) is 3.47. The van der Waals surface area contributed by atoms with Gasteiger partial charge in [0.2, 0.25) is 17.8 Å². The van der Waals surface area contributed by atoms with Crippen LogP contribution in [0.2, 0.25) is 0 Å². The number of pyridine rings is 1. The number of fused-ring (bicyclic) bond motifs is 1. The largest absolute Gasteiger partial charge is 0.378 e. The normalized spacial score (nSPS) is 14.1. The van der Waals surface area contributed by atoms with Crippen molar-refractivity contribution < 1.29 is 13.5 Å². The molecule has 5 aromatic rings. The molecule has 1 aliphatic heterocycles. The van der Waals surface area contributed by atoms with Crippen LogP contribution < -0.4 is 10.2 Å². The second-order valence-electron chi connectivity index (χ2n) is 10.5. The monoisotopic (exact) mass is 556 g/mol. The van der Waals surface area contributed by atoms with Gasteiger partial charge < -0.3 is 15.0 Å². The number of ether oxygens (including phenoxy) is 1. The molecule has 4 heterocycles. The van der Waals surface area contributed by atoms with Crippen LogP contribution in [0.25, 0.3) is 28.1 Å². The molecule has 0 unspecified atom stereocenters. The number of benzene rings is 2. The third-order valence-electron chi connectivity index (χ3n) is 6.96. The molecule has 0 amide bonds. The maximum absolute atomic E-state index is 14.2. The Bertz CT molecular complexity index is 1650. The summed E-state index contributed by atoms with van der Waals surface area (Å²) in [4.78, 5) is 24.5. The van der Waals surface area contributed by atoms with Crippen molar-refractivity contribution in [1.29, 1.82) is 0 Å². The van der Waals surface area contributed by atoms with Crippen LogP contribution in [-0.2, 0) is 11.2 Å². The van der Waals surface area contributed by atoms with E-state index < -0.39 is 17.8 Å². The van der Waals surface area contributed by atoms with Crippen molar-refractivity contribution in [2.24, 2.45) is 0 Å². The molecule has 210 valence electrons. The summed E-state index contributed by atoms with van der Waals surface area (Å²) < 4.78 is 35.2. The Hall–Kier alpha value is -4.51. The van der Waals surface area contributed by atoms with Gasteiger partial charge in [0.1, 0.15) is 0 Å². The smallest absolute Gasteiger partial charge is 0.296 e. The molecule has 0 spiro atoms. The zero-order chi connectivity index (χ0) is 28.4. The molecule has 1 N–H and O–H groups in total. The van der Waals surface area contributed by atoms with Crippen molar-refractivity contribution in [2.75, 3.05) is 36.5 Å². The number of rotatable bonds is 8. The molecular weight excluding hydrogens is 526 g/mol. The lowest BCUT2D eigenvalue weighted by molar-refractivity contribution is 0.122. The van der Waals surface area contributed by atoms with E-state index in [2.05, 4.69) is 51.2 Å². The summed E-state index contributed by atoms with van der Waals surface area (Å²) in [6, 6.07) is 19.1. The molecule has 6 rings (SSSR count). The number of para-hydroxylation sites is 2. The summed E-state index contributed by atoms with van der Waals surface area (Å²) in [6.45, 7) is 6.33. The van der Waals surface area contributed by atoms with Crippen molar-refractivity contribution in [3.8, 4) is 17.1 Å². The molecule has 0 atom stereocenters. The van der Waals surface area contributed by atoms with Crippen LogP contribution in [0, 0.1) is 0 Å². The number of nitrogens with zero attached hydrogens (tertiary/aromatic N) is 7. The van der Waals surface area contributed by atoms with Crippen molar-refractivity contribution in [1.82, 2.24) is 29.5 Å². The molecule has 0 aliphatic carbocycles. The molecule has 1 aliphatic rings. The van der Waals surface area contributed by atoms with Gasteiger partial charge in [-0.1, -0.05) is 42.5 Å². The quantitative estimate of drug-likeness (QED) is 0.269. The van der Waals surface area contributed by atoms with Crippen molar-refractivity contribution in [3.63, 3.8) is 0 Å². The van der Waals surface area contributed by atoms with Gasteiger partial charge in [0.25, 0.3) is 6.43 Å². The van der Waals surface area contributed by atoms with E-state index >= 15 is 0 Å². The Morgan fingerprint density at radius 2 is 1.66 bits per heavy atom. The van der Waals surface area contributed by atoms with Gasteiger partial charge >= 0.3 is 0 Å². The average molecular weight is 557 g/mol. The lowest BCUT2D eigenvalue weighted by atomic mass is 9.90. The molecule has 2 aromatic carbocycles. The number of halogens is 2. The molecule has 0 bridgehead atoms. The number of hydrogen-bond acceptors (Lipinski definition) is 8. The fourth-order valence-electron chi connectivity index (χ4n) is 5.12. The van der Waals surface area contributed by atoms with E-state index in [4.69, 9.17) is 9.72 Å². The zero-order valence-electron chi connectivity index (χ0n) is 22.8. The fourth-order valence-corrected chi connectivity index (χ4v) is 5.12. The fraction of sp³-hybridized carbons (Fsp3) is 0.300. The maximum Gasteiger partial charge on any atom is 0.296 e. The van der Waals surface area contributed by atoms with Crippen molar-refractivity contribution in [2.45, 2.75) is 32.2 Å². The predicted molar refractivity (Wildman–Crippen MR) is 154 cm³/mol. The van der Waals surface area contributed by atoms with E-state index in [1.807, 2.05) is 35.4 Å². The average Bonchev–Trinajstić information content (AvgIpc) is 3.38. The maximum atomic E-state index is 14.2. The Balaban J connectivity index is 1.40.